The number of esters is 1. The number of amides is 2. The van der Waals surface area contributed by atoms with E-state index in [0.29, 0.717) is 18.1 Å². The molecule has 1 aromatic carbocycles. The van der Waals surface area contributed by atoms with E-state index in [2.05, 4.69) is 17.2 Å². The molecule has 2 atom stereocenters. The number of benzene rings is 1. The zero-order valence-electron chi connectivity index (χ0n) is 12.7. The van der Waals surface area contributed by atoms with Gasteiger partial charge in [0.1, 0.15) is 11.7 Å². The van der Waals surface area contributed by atoms with E-state index in [1.807, 2.05) is 13.0 Å². The number of ether oxygens (including phenoxy) is 2. The number of hydrogen-bond donors (Lipinski definition) is 2. The molecule has 118 valence electrons. The highest BCUT2D eigenvalue weighted by molar-refractivity contribution is 5.85. The maximum atomic E-state index is 12.3. The Morgan fingerprint density at radius 1 is 1.41 bits per heavy atom. The number of hydrogen-bond acceptors (Lipinski definition) is 4. The van der Waals surface area contributed by atoms with Gasteiger partial charge in [-0.15, -0.1) is 0 Å². The van der Waals surface area contributed by atoms with Crippen molar-refractivity contribution in [1.82, 2.24) is 10.6 Å². The average molecular weight is 304 g/mol. The van der Waals surface area contributed by atoms with E-state index in [4.69, 9.17) is 9.47 Å². The van der Waals surface area contributed by atoms with Crippen LogP contribution in [-0.2, 0) is 9.53 Å². The molecule has 2 rings (SSSR count). The van der Waals surface area contributed by atoms with Crippen LogP contribution in [0.4, 0.5) is 4.79 Å². The summed E-state index contributed by atoms with van der Waals surface area (Å²) in [6, 6.07) is 6.28. The summed E-state index contributed by atoms with van der Waals surface area (Å²) in [4.78, 5) is 24.0. The maximum absolute atomic E-state index is 12.3. The smallest absolute Gasteiger partial charge is 0.319 e. The number of carbonyl (C=O) groups excluding carboxylic acids is 2. The fraction of sp³-hybridized carbons (Fsp3) is 0.375. The van der Waals surface area contributed by atoms with Gasteiger partial charge in [0, 0.05) is 5.70 Å². The minimum absolute atomic E-state index is 0.331. The number of urea groups is 1. The van der Waals surface area contributed by atoms with E-state index in [-0.39, 0.29) is 0 Å². The van der Waals surface area contributed by atoms with Crippen molar-refractivity contribution in [3.8, 4) is 5.75 Å². The molecule has 22 heavy (non-hydrogen) atoms. The standard InChI is InChI=1S/C16H20N2O4/c1-4-8-22-15(19)13-10(2)17-16(20)18-14(13)11-6-5-7-12(9-11)21-3/h5-7,9,13-14H,2,4,8H2,1,3H3,(H2,17,18,20)/t13-,14+/m1/s1. The van der Waals surface area contributed by atoms with Crippen LogP contribution >= 0.6 is 0 Å². The molecule has 1 fully saturated rings. The third kappa shape index (κ3) is 3.39. The van der Waals surface area contributed by atoms with Gasteiger partial charge in [0.05, 0.1) is 19.8 Å². The lowest BCUT2D eigenvalue weighted by Crippen LogP contribution is -2.51. The van der Waals surface area contributed by atoms with Gasteiger partial charge >= 0.3 is 12.0 Å². The molecule has 2 N–H and O–H groups in total. The second-order valence-corrected chi connectivity index (χ2v) is 5.02. The Balaban J connectivity index is 2.31. The first-order valence-electron chi connectivity index (χ1n) is 7.13. The average Bonchev–Trinajstić information content (AvgIpc) is 2.51. The van der Waals surface area contributed by atoms with E-state index >= 15 is 0 Å². The van der Waals surface area contributed by atoms with Crippen molar-refractivity contribution < 1.29 is 19.1 Å². The molecule has 0 aliphatic carbocycles. The summed E-state index contributed by atoms with van der Waals surface area (Å²) in [5, 5.41) is 5.29. The van der Waals surface area contributed by atoms with E-state index in [9.17, 15) is 9.59 Å². The van der Waals surface area contributed by atoms with Gasteiger partial charge in [-0.1, -0.05) is 25.6 Å². The van der Waals surface area contributed by atoms with Crippen LogP contribution in [0.5, 0.6) is 5.75 Å². The van der Waals surface area contributed by atoms with Gasteiger partial charge in [-0.25, -0.2) is 4.79 Å². The van der Waals surface area contributed by atoms with Gasteiger partial charge in [-0.2, -0.15) is 0 Å². The van der Waals surface area contributed by atoms with Gasteiger partial charge in [-0.05, 0) is 24.1 Å². The van der Waals surface area contributed by atoms with Crippen molar-refractivity contribution in [2.75, 3.05) is 13.7 Å². The number of rotatable bonds is 5. The molecule has 0 bridgehead atoms. The molecule has 1 heterocycles. The highest BCUT2D eigenvalue weighted by Gasteiger charge is 2.38. The lowest BCUT2D eigenvalue weighted by molar-refractivity contribution is -0.148. The first kappa shape index (κ1) is 15.9. The highest BCUT2D eigenvalue weighted by Crippen LogP contribution is 2.31. The van der Waals surface area contributed by atoms with E-state index in [1.54, 1.807) is 25.3 Å². The molecule has 0 radical (unpaired) electrons. The summed E-state index contributed by atoms with van der Waals surface area (Å²) in [5.74, 6) is -0.444. The predicted molar refractivity (Wildman–Crippen MR) is 81.3 cm³/mol. The summed E-state index contributed by atoms with van der Waals surface area (Å²) >= 11 is 0. The quantitative estimate of drug-likeness (QED) is 0.817. The molecule has 0 unspecified atom stereocenters. The zero-order valence-corrected chi connectivity index (χ0v) is 12.7. The van der Waals surface area contributed by atoms with Crippen molar-refractivity contribution >= 4 is 12.0 Å². The molecule has 6 heteroatoms. The van der Waals surface area contributed by atoms with E-state index in [1.165, 1.54) is 0 Å². The fourth-order valence-corrected chi connectivity index (χ4v) is 2.37. The first-order chi connectivity index (χ1) is 10.6. The van der Waals surface area contributed by atoms with Crippen LogP contribution in [0.2, 0.25) is 0 Å². The molecular formula is C16H20N2O4. The molecule has 0 aromatic heterocycles. The van der Waals surface area contributed by atoms with Crippen LogP contribution < -0.4 is 15.4 Å². The summed E-state index contributed by atoms with van der Waals surface area (Å²) in [6.07, 6.45) is 0.731. The van der Waals surface area contributed by atoms with Crippen LogP contribution in [0, 0.1) is 5.92 Å². The molecule has 0 spiro atoms. The Bertz CT molecular complexity index is 585. The van der Waals surface area contributed by atoms with Gasteiger partial charge < -0.3 is 20.1 Å². The van der Waals surface area contributed by atoms with Gasteiger partial charge in [0.2, 0.25) is 0 Å². The van der Waals surface area contributed by atoms with Crippen molar-refractivity contribution in [1.29, 1.82) is 0 Å². The van der Waals surface area contributed by atoms with Crippen LogP contribution in [0.1, 0.15) is 24.9 Å². The molecule has 1 aliphatic rings. The molecule has 0 saturated carbocycles. The summed E-state index contributed by atoms with van der Waals surface area (Å²) in [6.45, 7) is 6.04. The zero-order chi connectivity index (χ0) is 16.1. The Hall–Kier alpha value is -2.50. The lowest BCUT2D eigenvalue weighted by atomic mass is 9.89. The Morgan fingerprint density at radius 2 is 2.18 bits per heavy atom. The summed E-state index contributed by atoms with van der Waals surface area (Å²) in [7, 11) is 1.56. The van der Waals surface area contributed by atoms with Crippen molar-refractivity contribution in [2.24, 2.45) is 5.92 Å². The minimum Gasteiger partial charge on any atom is -0.497 e. The molecule has 1 saturated heterocycles. The Morgan fingerprint density at radius 3 is 2.86 bits per heavy atom. The highest BCUT2D eigenvalue weighted by atomic mass is 16.5. The van der Waals surface area contributed by atoms with Crippen LogP contribution in [0.15, 0.2) is 36.5 Å². The van der Waals surface area contributed by atoms with Crippen molar-refractivity contribution in [3.05, 3.63) is 42.1 Å². The number of methoxy groups -OCH3 is 1. The molecular weight excluding hydrogens is 284 g/mol. The van der Waals surface area contributed by atoms with Gasteiger partial charge in [0.15, 0.2) is 0 Å². The number of carbonyl (C=O) groups is 2. The second-order valence-electron chi connectivity index (χ2n) is 5.02. The third-order valence-corrected chi connectivity index (χ3v) is 3.42. The lowest BCUT2D eigenvalue weighted by Gasteiger charge is -2.33. The normalized spacial score (nSPS) is 20.8. The second kappa shape index (κ2) is 6.98. The first-order valence-corrected chi connectivity index (χ1v) is 7.13. The van der Waals surface area contributed by atoms with Crippen molar-refractivity contribution in [3.63, 3.8) is 0 Å². The topological polar surface area (TPSA) is 76.7 Å². The van der Waals surface area contributed by atoms with E-state index in [0.717, 1.165) is 12.0 Å². The molecule has 1 aliphatic heterocycles. The van der Waals surface area contributed by atoms with Crippen LogP contribution in [-0.4, -0.2) is 25.7 Å². The molecule has 1 aromatic rings. The largest absolute Gasteiger partial charge is 0.497 e. The van der Waals surface area contributed by atoms with Gasteiger partial charge in [0.25, 0.3) is 0 Å². The third-order valence-electron chi connectivity index (χ3n) is 3.42. The van der Waals surface area contributed by atoms with Crippen LogP contribution in [0.3, 0.4) is 0 Å². The van der Waals surface area contributed by atoms with Gasteiger partial charge in [-0.3, -0.25) is 4.79 Å². The Kier molecular flexibility index (Phi) is 5.04. The molecule has 6 nitrogen and oxygen atoms in total. The van der Waals surface area contributed by atoms with Crippen molar-refractivity contribution in [2.45, 2.75) is 19.4 Å². The minimum atomic E-state index is -0.684. The number of nitrogens with one attached hydrogen (secondary N) is 2. The SMILES string of the molecule is C=C1NC(=O)N[C@@H](c2cccc(OC)c2)[C@@H]1C(=O)OCCC. The summed E-state index contributed by atoms with van der Waals surface area (Å²) < 4.78 is 10.4. The maximum Gasteiger partial charge on any atom is 0.319 e. The molecule has 2 amide bonds. The predicted octanol–water partition coefficient (Wildman–Crippen LogP) is 2.13. The monoisotopic (exact) mass is 304 g/mol. The van der Waals surface area contributed by atoms with Crippen LogP contribution in [0.25, 0.3) is 0 Å². The van der Waals surface area contributed by atoms with E-state index < -0.39 is 24.0 Å². The Labute approximate surface area is 129 Å². The fourth-order valence-electron chi connectivity index (χ4n) is 2.37. The summed E-state index contributed by atoms with van der Waals surface area (Å²) in [5.41, 5.74) is 1.09.